The van der Waals surface area contributed by atoms with Gasteiger partial charge in [0.1, 0.15) is 5.41 Å². The van der Waals surface area contributed by atoms with Crippen LogP contribution in [0, 0.1) is 5.41 Å². The first kappa shape index (κ1) is 15.0. The van der Waals surface area contributed by atoms with Crippen molar-refractivity contribution in [3.8, 4) is 0 Å². The van der Waals surface area contributed by atoms with Gasteiger partial charge in [0.05, 0.1) is 17.7 Å². The Labute approximate surface area is 121 Å². The number of amides is 1. The molecule has 0 aromatic heterocycles. The lowest BCUT2D eigenvalue weighted by molar-refractivity contribution is -0.160. The van der Waals surface area contributed by atoms with E-state index in [1.54, 1.807) is 12.1 Å². The van der Waals surface area contributed by atoms with E-state index in [0.29, 0.717) is 10.2 Å². The van der Waals surface area contributed by atoms with E-state index in [1.807, 2.05) is 0 Å². The molecule has 1 aliphatic rings. The van der Waals surface area contributed by atoms with E-state index in [-0.39, 0.29) is 5.56 Å². The van der Waals surface area contributed by atoms with E-state index in [1.165, 1.54) is 13.1 Å². The molecule has 1 aromatic rings. The topological polar surface area (TPSA) is 37.4 Å². The molecule has 0 N–H and O–H groups in total. The van der Waals surface area contributed by atoms with Crippen LogP contribution in [0.3, 0.4) is 0 Å². The lowest BCUT2D eigenvalue weighted by Gasteiger charge is -2.38. The molecule has 0 saturated carbocycles. The van der Waals surface area contributed by atoms with Crippen LogP contribution in [0.5, 0.6) is 0 Å². The third kappa shape index (κ3) is 2.24. The molecule has 1 atom stereocenters. The first-order valence-corrected chi connectivity index (χ1v) is 6.55. The van der Waals surface area contributed by atoms with E-state index in [9.17, 15) is 22.8 Å². The number of Topliss-reactive ketones (excluding diaryl/α,β-unsaturated/α-hetero) is 1. The summed E-state index contributed by atoms with van der Waals surface area (Å²) in [6, 6.07) is 4.71. The highest BCUT2D eigenvalue weighted by Gasteiger charge is 2.54. The average molecular weight is 350 g/mol. The van der Waals surface area contributed by atoms with Crippen molar-refractivity contribution in [2.75, 3.05) is 11.9 Å². The van der Waals surface area contributed by atoms with Gasteiger partial charge in [-0.2, -0.15) is 13.2 Å². The zero-order valence-electron chi connectivity index (χ0n) is 10.7. The Morgan fingerprint density at radius 2 is 1.90 bits per heavy atom. The van der Waals surface area contributed by atoms with Crippen LogP contribution in [0.25, 0.3) is 0 Å². The molecule has 1 aromatic carbocycles. The van der Waals surface area contributed by atoms with Crippen molar-refractivity contribution < 1.29 is 22.8 Å². The summed E-state index contributed by atoms with van der Waals surface area (Å²) in [5, 5.41) is 0. The zero-order chi connectivity index (χ0) is 15.3. The molecular weight excluding hydrogens is 339 g/mol. The van der Waals surface area contributed by atoms with Crippen LogP contribution in [-0.2, 0) is 4.79 Å². The minimum Gasteiger partial charge on any atom is -0.314 e. The first-order valence-electron chi connectivity index (χ1n) is 5.76. The second kappa shape index (κ2) is 4.58. The van der Waals surface area contributed by atoms with Crippen LogP contribution in [0.15, 0.2) is 22.7 Å². The fourth-order valence-electron chi connectivity index (χ4n) is 2.43. The Morgan fingerprint density at radius 1 is 1.30 bits per heavy atom. The highest BCUT2D eigenvalue weighted by atomic mass is 79.9. The highest BCUT2D eigenvalue weighted by Crippen LogP contribution is 2.45. The minimum atomic E-state index is -4.60. The lowest BCUT2D eigenvalue weighted by atomic mass is 9.74. The second-order valence-corrected chi connectivity index (χ2v) is 5.81. The number of carbonyl (C=O) groups is 2. The fraction of sp³-hybridized carbons (Fsp3) is 0.385. The molecule has 20 heavy (non-hydrogen) atoms. The Kier molecular flexibility index (Phi) is 3.44. The number of carbonyl (C=O) groups excluding carboxylic acids is 2. The summed E-state index contributed by atoms with van der Waals surface area (Å²) >= 11 is 3.16. The molecule has 1 unspecified atom stereocenters. The molecule has 108 valence electrons. The van der Waals surface area contributed by atoms with Crippen molar-refractivity contribution in [2.45, 2.75) is 19.5 Å². The van der Waals surface area contributed by atoms with Crippen molar-refractivity contribution in [1.29, 1.82) is 0 Å². The number of rotatable bonds is 1. The van der Waals surface area contributed by atoms with Crippen molar-refractivity contribution in [3.05, 3.63) is 28.2 Å². The van der Waals surface area contributed by atoms with Gasteiger partial charge in [-0.1, -0.05) is 6.07 Å². The predicted molar refractivity (Wildman–Crippen MR) is 70.7 cm³/mol. The number of anilines is 1. The van der Waals surface area contributed by atoms with Crippen molar-refractivity contribution in [1.82, 2.24) is 0 Å². The summed E-state index contributed by atoms with van der Waals surface area (Å²) in [6.45, 7) is 1.05. The maximum absolute atomic E-state index is 12.7. The number of nitrogens with zero attached hydrogens (tertiary/aromatic N) is 1. The number of fused-ring (bicyclic) bond motifs is 1. The van der Waals surface area contributed by atoms with Gasteiger partial charge < -0.3 is 4.90 Å². The van der Waals surface area contributed by atoms with Gasteiger partial charge in [-0.05, 0) is 35.0 Å². The molecule has 1 amide bonds. The Bertz CT molecular complexity index is 600. The SMILES string of the molecule is CN1C(=O)C(C)(CC(F)(F)F)C(=O)c2c(Br)cccc21. The summed E-state index contributed by atoms with van der Waals surface area (Å²) in [6.07, 6.45) is -6.07. The van der Waals surface area contributed by atoms with Crippen LogP contribution in [-0.4, -0.2) is 24.9 Å². The molecule has 1 aliphatic heterocycles. The number of alkyl halides is 3. The van der Waals surface area contributed by atoms with Crippen molar-refractivity contribution >= 4 is 33.3 Å². The standard InChI is InChI=1S/C13H11BrF3NO2/c1-12(6-13(15,16)17)10(19)9-7(14)4-3-5-8(9)18(2)11(12)20/h3-5H,6H2,1-2H3. The number of hydrogen-bond acceptors (Lipinski definition) is 2. The number of ketones is 1. The predicted octanol–water partition coefficient (Wildman–Crippen LogP) is 3.57. The molecule has 0 aliphatic carbocycles. The van der Waals surface area contributed by atoms with Crippen LogP contribution in [0.4, 0.5) is 18.9 Å². The summed E-state index contributed by atoms with van der Waals surface area (Å²) in [5.41, 5.74) is -1.69. The summed E-state index contributed by atoms with van der Waals surface area (Å²) in [7, 11) is 1.37. The molecule has 0 spiro atoms. The van der Waals surface area contributed by atoms with E-state index < -0.39 is 29.7 Å². The maximum atomic E-state index is 12.7. The average Bonchev–Trinajstić information content (AvgIpc) is 2.32. The third-order valence-corrected chi connectivity index (χ3v) is 4.07. The molecule has 7 heteroatoms. The Balaban J connectivity index is 2.62. The number of halogens is 4. The normalized spacial score (nSPS) is 23.0. The van der Waals surface area contributed by atoms with Crippen molar-refractivity contribution in [3.63, 3.8) is 0 Å². The number of benzene rings is 1. The fourth-order valence-corrected chi connectivity index (χ4v) is 2.96. The van der Waals surface area contributed by atoms with Crippen LogP contribution in [0.1, 0.15) is 23.7 Å². The highest BCUT2D eigenvalue weighted by molar-refractivity contribution is 9.10. The summed E-state index contributed by atoms with van der Waals surface area (Å²) < 4.78 is 38.5. The van der Waals surface area contributed by atoms with Gasteiger partial charge in [-0.3, -0.25) is 9.59 Å². The van der Waals surface area contributed by atoms with E-state index in [2.05, 4.69) is 15.9 Å². The molecule has 0 radical (unpaired) electrons. The number of hydrogen-bond donors (Lipinski definition) is 0. The van der Waals surface area contributed by atoms with E-state index in [0.717, 1.165) is 11.8 Å². The molecule has 0 saturated heterocycles. The molecule has 3 nitrogen and oxygen atoms in total. The van der Waals surface area contributed by atoms with Gasteiger partial charge in [-0.25, -0.2) is 0 Å². The monoisotopic (exact) mass is 349 g/mol. The van der Waals surface area contributed by atoms with Gasteiger partial charge in [-0.15, -0.1) is 0 Å². The van der Waals surface area contributed by atoms with Crippen LogP contribution >= 0.6 is 15.9 Å². The maximum Gasteiger partial charge on any atom is 0.390 e. The molecule has 0 bridgehead atoms. The molecule has 2 rings (SSSR count). The van der Waals surface area contributed by atoms with Crippen molar-refractivity contribution in [2.24, 2.45) is 5.41 Å². The molecular formula is C13H11BrF3NO2. The Morgan fingerprint density at radius 3 is 2.45 bits per heavy atom. The quantitative estimate of drug-likeness (QED) is 0.727. The minimum absolute atomic E-state index is 0.112. The van der Waals surface area contributed by atoms with Gasteiger partial charge in [0.2, 0.25) is 5.91 Å². The molecule has 1 heterocycles. The molecule has 0 fully saturated rings. The first-order chi connectivity index (χ1) is 9.08. The van der Waals surface area contributed by atoms with Gasteiger partial charge >= 0.3 is 6.18 Å². The van der Waals surface area contributed by atoms with Crippen LogP contribution in [0.2, 0.25) is 0 Å². The van der Waals surface area contributed by atoms with Gasteiger partial charge in [0.25, 0.3) is 0 Å². The summed E-state index contributed by atoms with van der Waals surface area (Å²) in [4.78, 5) is 25.7. The second-order valence-electron chi connectivity index (χ2n) is 4.95. The van der Waals surface area contributed by atoms with Gasteiger partial charge in [0.15, 0.2) is 5.78 Å². The third-order valence-electron chi connectivity index (χ3n) is 3.41. The zero-order valence-corrected chi connectivity index (χ0v) is 12.3. The largest absolute Gasteiger partial charge is 0.390 e. The van der Waals surface area contributed by atoms with Crippen LogP contribution < -0.4 is 4.90 Å². The lowest BCUT2D eigenvalue weighted by Crippen LogP contribution is -2.52. The Hall–Kier alpha value is -1.37. The van der Waals surface area contributed by atoms with E-state index in [4.69, 9.17) is 0 Å². The summed E-state index contributed by atoms with van der Waals surface area (Å²) in [5.74, 6) is -1.65. The smallest absolute Gasteiger partial charge is 0.314 e. The van der Waals surface area contributed by atoms with E-state index >= 15 is 0 Å². The van der Waals surface area contributed by atoms with Gasteiger partial charge in [0, 0.05) is 11.5 Å².